The number of nitrogens with one attached hydrogen (secondary N) is 1. The first-order valence-electron chi connectivity index (χ1n) is 14.4. The van der Waals surface area contributed by atoms with Gasteiger partial charge in [0.25, 0.3) is 11.1 Å². The number of likely N-dealkylation sites (tertiary alicyclic amines) is 1. The molecule has 0 aliphatic carbocycles. The fourth-order valence-corrected chi connectivity index (χ4v) is 5.90. The van der Waals surface area contributed by atoms with E-state index in [4.69, 9.17) is 4.98 Å². The highest BCUT2D eigenvalue weighted by molar-refractivity contribution is 5.77. The van der Waals surface area contributed by atoms with Gasteiger partial charge >= 0.3 is 0 Å². The van der Waals surface area contributed by atoms with E-state index < -0.39 is 0 Å². The molecule has 2 aliphatic heterocycles. The molecular formula is C30H37N9O2. The standard InChI is InChI=1S/C30H37N9O2/c1-5-13-37-29(41)24-19-31-30(33-28(24)39(37)26-9-10-27(40)38(34-26)20(2)3)32-22-7-8-25(21(4)18-22)36-16-11-23(12-17-36)35-14-6-15-35/h5,7-10,18-20,23H,1,6,11-17H2,2-4H3,(H,31,32,33). The fraction of sp³-hybridized carbons (Fsp3) is 0.433. The van der Waals surface area contributed by atoms with E-state index in [1.165, 1.54) is 65.2 Å². The summed E-state index contributed by atoms with van der Waals surface area (Å²) in [6.45, 7) is 14.6. The summed E-state index contributed by atoms with van der Waals surface area (Å²) in [5, 5.41) is 8.21. The van der Waals surface area contributed by atoms with Gasteiger partial charge in [-0.15, -0.1) is 11.7 Å². The molecule has 0 amide bonds. The zero-order valence-corrected chi connectivity index (χ0v) is 24.0. The normalized spacial score (nSPS) is 16.3. The number of nitrogens with zero attached hydrogens (tertiary/aromatic N) is 8. The van der Waals surface area contributed by atoms with E-state index in [1.807, 2.05) is 19.9 Å². The number of fused-ring (bicyclic) bond motifs is 1. The number of aryl methyl sites for hydroxylation is 1. The summed E-state index contributed by atoms with van der Waals surface area (Å²) in [4.78, 5) is 39.9. The molecule has 214 valence electrons. The summed E-state index contributed by atoms with van der Waals surface area (Å²) in [6.07, 6.45) is 6.94. The topological polar surface area (TPSA) is 106 Å². The van der Waals surface area contributed by atoms with Crippen molar-refractivity contribution in [3.63, 3.8) is 0 Å². The van der Waals surface area contributed by atoms with Crippen LogP contribution in [0, 0.1) is 6.92 Å². The highest BCUT2D eigenvalue weighted by atomic mass is 16.1. The van der Waals surface area contributed by atoms with Crippen molar-refractivity contribution in [2.24, 2.45) is 0 Å². The summed E-state index contributed by atoms with van der Waals surface area (Å²) in [7, 11) is 0. The molecule has 3 aromatic heterocycles. The van der Waals surface area contributed by atoms with Crippen LogP contribution in [0.5, 0.6) is 0 Å². The predicted octanol–water partition coefficient (Wildman–Crippen LogP) is 3.63. The highest BCUT2D eigenvalue weighted by Crippen LogP contribution is 2.29. The van der Waals surface area contributed by atoms with E-state index in [1.54, 1.807) is 16.8 Å². The van der Waals surface area contributed by atoms with Gasteiger partial charge in [0, 0.05) is 42.8 Å². The summed E-state index contributed by atoms with van der Waals surface area (Å²) >= 11 is 0. The maximum Gasteiger partial charge on any atom is 0.278 e. The van der Waals surface area contributed by atoms with Crippen LogP contribution in [0.25, 0.3) is 16.9 Å². The van der Waals surface area contributed by atoms with Crippen molar-refractivity contribution in [1.82, 2.24) is 34.0 Å². The van der Waals surface area contributed by atoms with Crippen LogP contribution >= 0.6 is 0 Å². The summed E-state index contributed by atoms with van der Waals surface area (Å²) in [6, 6.07) is 9.96. The van der Waals surface area contributed by atoms with Gasteiger partial charge in [-0.05, 0) is 83.0 Å². The molecule has 6 rings (SSSR count). The first kappa shape index (κ1) is 26.9. The Morgan fingerprint density at radius 1 is 1.10 bits per heavy atom. The molecule has 5 heterocycles. The number of anilines is 3. The van der Waals surface area contributed by atoms with Crippen LogP contribution in [-0.4, -0.2) is 66.2 Å². The van der Waals surface area contributed by atoms with Crippen LogP contribution in [0.1, 0.15) is 44.7 Å². The highest BCUT2D eigenvalue weighted by Gasteiger charge is 2.28. The molecule has 2 aliphatic rings. The van der Waals surface area contributed by atoms with Crippen molar-refractivity contribution in [3.05, 3.63) is 75.5 Å². The second kappa shape index (κ2) is 11.0. The monoisotopic (exact) mass is 555 g/mol. The zero-order chi connectivity index (χ0) is 28.7. The Bertz CT molecular complexity index is 1710. The Balaban J connectivity index is 1.29. The molecule has 2 fully saturated rings. The number of allylic oxidation sites excluding steroid dienone is 1. The number of hydrogen-bond donors (Lipinski definition) is 1. The molecule has 0 unspecified atom stereocenters. The van der Waals surface area contributed by atoms with E-state index in [9.17, 15) is 9.59 Å². The first-order chi connectivity index (χ1) is 19.8. The van der Waals surface area contributed by atoms with Gasteiger partial charge in [-0.1, -0.05) is 6.08 Å². The van der Waals surface area contributed by atoms with Gasteiger partial charge < -0.3 is 15.1 Å². The number of hydrogen-bond acceptors (Lipinski definition) is 8. The Labute approximate surface area is 238 Å². The summed E-state index contributed by atoms with van der Waals surface area (Å²) in [5.41, 5.74) is 3.24. The van der Waals surface area contributed by atoms with Crippen LogP contribution in [0.2, 0.25) is 0 Å². The van der Waals surface area contributed by atoms with Gasteiger partial charge in [0.1, 0.15) is 5.39 Å². The van der Waals surface area contributed by atoms with E-state index in [-0.39, 0.29) is 23.7 Å². The molecule has 0 bridgehead atoms. The summed E-state index contributed by atoms with van der Waals surface area (Å²) < 4.78 is 4.52. The molecule has 0 atom stereocenters. The minimum Gasteiger partial charge on any atom is -0.371 e. The van der Waals surface area contributed by atoms with Crippen molar-refractivity contribution in [3.8, 4) is 5.82 Å². The molecule has 1 aromatic carbocycles. The SMILES string of the molecule is C=CCn1c(=O)c2cnc(Nc3ccc(N4CCC(N5CCC5)CC4)c(C)c3)nc2n1-c1ccc(=O)n(C(C)C)n1. The minimum atomic E-state index is -0.256. The molecule has 0 spiro atoms. The van der Waals surface area contributed by atoms with Gasteiger partial charge in [-0.3, -0.25) is 9.59 Å². The van der Waals surface area contributed by atoms with E-state index >= 15 is 0 Å². The van der Waals surface area contributed by atoms with Gasteiger partial charge in [0.15, 0.2) is 11.5 Å². The number of rotatable bonds is 8. The zero-order valence-electron chi connectivity index (χ0n) is 24.0. The second-order valence-electron chi connectivity index (χ2n) is 11.2. The van der Waals surface area contributed by atoms with E-state index in [0.29, 0.717) is 22.8 Å². The van der Waals surface area contributed by atoms with Crippen molar-refractivity contribution >= 4 is 28.4 Å². The number of piperidine rings is 1. The third-order valence-corrected chi connectivity index (χ3v) is 8.16. The fourth-order valence-electron chi connectivity index (χ4n) is 5.90. The molecular weight excluding hydrogens is 518 g/mol. The third-order valence-electron chi connectivity index (χ3n) is 8.16. The maximum atomic E-state index is 13.3. The summed E-state index contributed by atoms with van der Waals surface area (Å²) in [5.74, 6) is 0.775. The average Bonchev–Trinajstić information content (AvgIpc) is 3.19. The lowest BCUT2D eigenvalue weighted by Gasteiger charge is -2.43. The number of benzene rings is 1. The Hall–Kier alpha value is -4.25. The van der Waals surface area contributed by atoms with Crippen LogP contribution in [-0.2, 0) is 6.54 Å². The van der Waals surface area contributed by atoms with Gasteiger partial charge in [-0.2, -0.15) is 4.98 Å². The predicted molar refractivity (Wildman–Crippen MR) is 162 cm³/mol. The molecule has 0 saturated carbocycles. The van der Waals surface area contributed by atoms with E-state index in [0.717, 1.165) is 24.8 Å². The Morgan fingerprint density at radius 2 is 1.88 bits per heavy atom. The largest absolute Gasteiger partial charge is 0.371 e. The quantitative estimate of drug-likeness (QED) is 0.329. The van der Waals surface area contributed by atoms with Gasteiger partial charge in [0.2, 0.25) is 5.95 Å². The van der Waals surface area contributed by atoms with Crippen molar-refractivity contribution in [2.75, 3.05) is 36.4 Å². The molecule has 2 saturated heterocycles. The average molecular weight is 556 g/mol. The third kappa shape index (κ3) is 5.06. The van der Waals surface area contributed by atoms with Crippen molar-refractivity contribution in [2.45, 2.75) is 58.7 Å². The van der Waals surface area contributed by atoms with Crippen LogP contribution < -0.4 is 21.3 Å². The van der Waals surface area contributed by atoms with Crippen LogP contribution in [0.15, 0.2) is 58.8 Å². The van der Waals surface area contributed by atoms with Gasteiger partial charge in [-0.25, -0.2) is 19.0 Å². The molecule has 0 radical (unpaired) electrons. The molecule has 4 aromatic rings. The smallest absolute Gasteiger partial charge is 0.278 e. The van der Waals surface area contributed by atoms with Crippen molar-refractivity contribution in [1.29, 1.82) is 0 Å². The molecule has 11 heteroatoms. The molecule has 1 N–H and O–H groups in total. The lowest BCUT2D eigenvalue weighted by atomic mass is 9.98. The van der Waals surface area contributed by atoms with Crippen molar-refractivity contribution < 1.29 is 0 Å². The molecule has 41 heavy (non-hydrogen) atoms. The Kier molecular flexibility index (Phi) is 7.21. The van der Waals surface area contributed by atoms with Crippen LogP contribution in [0.4, 0.5) is 17.3 Å². The maximum absolute atomic E-state index is 13.3. The lowest BCUT2D eigenvalue weighted by molar-refractivity contribution is 0.100. The molecule has 11 nitrogen and oxygen atoms in total. The first-order valence-corrected chi connectivity index (χ1v) is 14.4. The second-order valence-corrected chi connectivity index (χ2v) is 11.2. The lowest BCUT2D eigenvalue weighted by Crippen LogP contribution is -2.50. The number of aromatic nitrogens is 6. The van der Waals surface area contributed by atoms with Gasteiger partial charge in [0.05, 0.1) is 12.6 Å². The Morgan fingerprint density at radius 3 is 2.54 bits per heavy atom. The van der Waals surface area contributed by atoms with E-state index in [2.05, 4.69) is 50.8 Å². The van der Waals surface area contributed by atoms with Crippen LogP contribution in [0.3, 0.4) is 0 Å². The minimum absolute atomic E-state index is 0.145.